The summed E-state index contributed by atoms with van der Waals surface area (Å²) in [6.45, 7) is 1.74. The van der Waals surface area contributed by atoms with Crippen LogP contribution in [-0.2, 0) is 6.18 Å². The second-order valence-corrected chi connectivity index (χ2v) is 3.90. The van der Waals surface area contributed by atoms with Gasteiger partial charge in [-0.05, 0) is 19.4 Å². The van der Waals surface area contributed by atoms with E-state index in [0.717, 1.165) is 32.1 Å². The number of nitrogens with zero attached hydrogens (tertiary/aromatic N) is 2. The first kappa shape index (κ1) is 12.1. The molecule has 0 aromatic carbocycles. The zero-order chi connectivity index (χ0) is 12.3. The maximum atomic E-state index is 12.2. The molecule has 2 heterocycles. The number of anilines is 1. The lowest BCUT2D eigenvalue weighted by Gasteiger charge is -2.23. The Kier molecular flexibility index (Phi) is 3.46. The molecule has 17 heavy (non-hydrogen) atoms. The Morgan fingerprint density at radius 3 is 2.82 bits per heavy atom. The monoisotopic (exact) mass is 245 g/mol. The molecule has 2 N–H and O–H groups in total. The molecule has 1 aromatic rings. The number of alkyl halides is 3. The molecule has 0 amide bonds. The minimum atomic E-state index is -4.44. The molecule has 1 fully saturated rings. The van der Waals surface area contributed by atoms with E-state index in [2.05, 4.69) is 20.6 Å². The standard InChI is InChI=1S/C10H12F3N4/c11-10(12,13)7-4-15-9(16-5-7)17-8-2-1-3-14-6-8/h4,8,14H,1-3,6H2,(H,15,16,17)/t8-/m0/s1. The number of hydrogen-bond donors (Lipinski definition) is 2. The Bertz CT molecular complexity index is 357. The SMILES string of the molecule is FC(F)(F)c1[c]nc(N[C@H]2CCCNC2)nc1. The normalized spacial score (nSPS) is 21.2. The number of halogens is 3. The third-order valence-corrected chi connectivity index (χ3v) is 2.53. The molecule has 93 valence electrons. The van der Waals surface area contributed by atoms with Gasteiger partial charge in [-0.25, -0.2) is 9.97 Å². The summed E-state index contributed by atoms with van der Waals surface area (Å²) in [4.78, 5) is 7.18. The van der Waals surface area contributed by atoms with Crippen LogP contribution in [0.25, 0.3) is 0 Å². The van der Waals surface area contributed by atoms with Gasteiger partial charge >= 0.3 is 6.18 Å². The predicted octanol–water partition coefficient (Wildman–Crippen LogP) is 1.46. The lowest BCUT2D eigenvalue weighted by molar-refractivity contribution is -0.138. The summed E-state index contributed by atoms with van der Waals surface area (Å²) in [6.07, 6.45) is 0.234. The van der Waals surface area contributed by atoms with Gasteiger partial charge in [-0.15, -0.1) is 0 Å². The molecule has 1 aliphatic rings. The lowest BCUT2D eigenvalue weighted by Crippen LogP contribution is -2.38. The van der Waals surface area contributed by atoms with Gasteiger partial charge in [0, 0.05) is 18.8 Å². The zero-order valence-electron chi connectivity index (χ0n) is 9.01. The van der Waals surface area contributed by atoms with Gasteiger partial charge in [0.2, 0.25) is 5.95 Å². The zero-order valence-corrected chi connectivity index (χ0v) is 9.01. The van der Waals surface area contributed by atoms with Gasteiger partial charge in [0.05, 0.1) is 0 Å². The molecule has 1 saturated heterocycles. The summed E-state index contributed by atoms with van der Waals surface area (Å²) in [6, 6.07) is 0.161. The van der Waals surface area contributed by atoms with E-state index in [1.165, 1.54) is 0 Å². The molecular formula is C10H12F3N4. The van der Waals surface area contributed by atoms with Gasteiger partial charge in [-0.2, -0.15) is 13.2 Å². The Morgan fingerprint density at radius 1 is 1.47 bits per heavy atom. The third kappa shape index (κ3) is 3.29. The largest absolute Gasteiger partial charge is 0.420 e. The number of piperidine rings is 1. The highest BCUT2D eigenvalue weighted by Crippen LogP contribution is 2.27. The van der Waals surface area contributed by atoms with Crippen LogP contribution in [0.3, 0.4) is 0 Å². The van der Waals surface area contributed by atoms with Gasteiger partial charge < -0.3 is 10.6 Å². The van der Waals surface area contributed by atoms with Crippen LogP contribution in [0.1, 0.15) is 18.4 Å². The third-order valence-electron chi connectivity index (χ3n) is 2.53. The topological polar surface area (TPSA) is 49.8 Å². The van der Waals surface area contributed by atoms with Crippen molar-refractivity contribution in [2.24, 2.45) is 0 Å². The van der Waals surface area contributed by atoms with Crippen LogP contribution in [0.2, 0.25) is 0 Å². The van der Waals surface area contributed by atoms with E-state index in [9.17, 15) is 13.2 Å². The van der Waals surface area contributed by atoms with Crippen molar-refractivity contribution in [2.45, 2.75) is 25.1 Å². The molecule has 0 spiro atoms. The van der Waals surface area contributed by atoms with Crippen molar-refractivity contribution in [3.8, 4) is 0 Å². The molecule has 2 rings (SSSR count). The van der Waals surface area contributed by atoms with E-state index in [0.29, 0.717) is 0 Å². The highest BCUT2D eigenvalue weighted by atomic mass is 19.4. The molecule has 7 heteroatoms. The van der Waals surface area contributed by atoms with Crippen LogP contribution in [-0.4, -0.2) is 29.1 Å². The average Bonchev–Trinajstić information content (AvgIpc) is 2.30. The first-order valence-corrected chi connectivity index (χ1v) is 5.35. The molecular weight excluding hydrogens is 233 g/mol. The smallest absolute Gasteiger partial charge is 0.350 e. The Morgan fingerprint density at radius 2 is 2.29 bits per heavy atom. The van der Waals surface area contributed by atoms with Crippen molar-refractivity contribution in [2.75, 3.05) is 18.4 Å². The summed E-state index contributed by atoms with van der Waals surface area (Å²) in [7, 11) is 0. The van der Waals surface area contributed by atoms with Crippen LogP contribution in [0, 0.1) is 6.20 Å². The molecule has 0 saturated carbocycles. The molecule has 0 aliphatic carbocycles. The van der Waals surface area contributed by atoms with Gasteiger partial charge in [-0.3, -0.25) is 0 Å². The molecule has 1 aromatic heterocycles. The fraction of sp³-hybridized carbons (Fsp3) is 0.600. The second kappa shape index (κ2) is 4.87. The Balaban J connectivity index is 1.98. The lowest BCUT2D eigenvalue weighted by atomic mass is 10.1. The van der Waals surface area contributed by atoms with E-state index in [1.807, 2.05) is 6.20 Å². The van der Waals surface area contributed by atoms with Crippen molar-refractivity contribution >= 4 is 5.95 Å². The second-order valence-electron chi connectivity index (χ2n) is 3.90. The fourth-order valence-electron chi connectivity index (χ4n) is 1.66. The van der Waals surface area contributed by atoms with Crippen LogP contribution in [0.5, 0.6) is 0 Å². The van der Waals surface area contributed by atoms with Crippen LogP contribution < -0.4 is 10.6 Å². The molecule has 1 radical (unpaired) electrons. The highest BCUT2D eigenvalue weighted by molar-refractivity contribution is 5.27. The van der Waals surface area contributed by atoms with Crippen LogP contribution in [0.4, 0.5) is 19.1 Å². The van der Waals surface area contributed by atoms with E-state index >= 15 is 0 Å². The van der Waals surface area contributed by atoms with Gasteiger partial charge in [0.25, 0.3) is 0 Å². The number of nitrogens with one attached hydrogen (secondary N) is 2. The first-order valence-electron chi connectivity index (χ1n) is 5.35. The summed E-state index contributed by atoms with van der Waals surface area (Å²) in [5.41, 5.74) is -0.954. The van der Waals surface area contributed by atoms with Crippen LogP contribution >= 0.6 is 0 Å². The number of rotatable bonds is 2. The van der Waals surface area contributed by atoms with Crippen molar-refractivity contribution in [1.82, 2.24) is 15.3 Å². The van der Waals surface area contributed by atoms with Crippen molar-refractivity contribution in [1.29, 1.82) is 0 Å². The fourth-order valence-corrected chi connectivity index (χ4v) is 1.66. The summed E-state index contributed by atoms with van der Waals surface area (Å²) >= 11 is 0. The molecule has 1 atom stereocenters. The summed E-state index contributed by atoms with van der Waals surface area (Å²) in [5, 5.41) is 6.16. The molecule has 0 bridgehead atoms. The predicted molar refractivity (Wildman–Crippen MR) is 55.4 cm³/mol. The van der Waals surface area contributed by atoms with E-state index < -0.39 is 11.7 Å². The Hall–Kier alpha value is -1.37. The number of aromatic nitrogens is 2. The van der Waals surface area contributed by atoms with Gasteiger partial charge in [0.15, 0.2) is 0 Å². The Labute approximate surface area is 96.7 Å². The minimum absolute atomic E-state index is 0.161. The first-order chi connectivity index (χ1) is 8.05. The molecule has 1 aliphatic heterocycles. The van der Waals surface area contributed by atoms with Crippen molar-refractivity contribution in [3.05, 3.63) is 18.0 Å². The molecule has 0 unspecified atom stereocenters. The molecule has 4 nitrogen and oxygen atoms in total. The quantitative estimate of drug-likeness (QED) is 0.828. The maximum Gasteiger partial charge on any atom is 0.420 e. The van der Waals surface area contributed by atoms with E-state index in [4.69, 9.17) is 0 Å². The summed E-state index contributed by atoms with van der Waals surface area (Å²) in [5.74, 6) is 0.187. The van der Waals surface area contributed by atoms with Gasteiger partial charge in [0.1, 0.15) is 11.8 Å². The van der Waals surface area contributed by atoms with Gasteiger partial charge in [-0.1, -0.05) is 0 Å². The van der Waals surface area contributed by atoms with E-state index in [1.54, 1.807) is 0 Å². The van der Waals surface area contributed by atoms with Crippen LogP contribution in [0.15, 0.2) is 6.20 Å². The average molecular weight is 245 g/mol. The van der Waals surface area contributed by atoms with Crippen molar-refractivity contribution < 1.29 is 13.2 Å². The minimum Gasteiger partial charge on any atom is -0.350 e. The highest BCUT2D eigenvalue weighted by Gasteiger charge is 2.31. The maximum absolute atomic E-state index is 12.2. The number of hydrogen-bond acceptors (Lipinski definition) is 4. The van der Waals surface area contributed by atoms with Crippen molar-refractivity contribution in [3.63, 3.8) is 0 Å². The van der Waals surface area contributed by atoms with E-state index in [-0.39, 0.29) is 12.0 Å². The summed E-state index contributed by atoms with van der Waals surface area (Å²) < 4.78 is 36.7.